The van der Waals surface area contributed by atoms with Gasteiger partial charge >= 0.3 is 0 Å². The van der Waals surface area contributed by atoms with E-state index in [-0.39, 0.29) is 23.0 Å². The van der Waals surface area contributed by atoms with Crippen molar-refractivity contribution in [2.45, 2.75) is 25.4 Å². The molecule has 0 atom stereocenters. The van der Waals surface area contributed by atoms with Gasteiger partial charge in [-0.3, -0.25) is 9.59 Å². The first-order valence-corrected chi connectivity index (χ1v) is 9.80. The Hall–Kier alpha value is -3.05. The van der Waals surface area contributed by atoms with Crippen LogP contribution in [0.2, 0.25) is 0 Å². The summed E-state index contributed by atoms with van der Waals surface area (Å²) in [6.45, 7) is 3.49. The Morgan fingerprint density at radius 2 is 2.00 bits per heavy atom. The molecule has 0 aliphatic carbocycles. The third-order valence-electron chi connectivity index (χ3n) is 4.33. The van der Waals surface area contributed by atoms with Crippen LogP contribution in [-0.2, 0) is 11.3 Å². The van der Waals surface area contributed by atoms with E-state index in [1.165, 1.54) is 24.8 Å². The first kappa shape index (κ1) is 22.2. The lowest BCUT2D eigenvalue weighted by molar-refractivity contribution is -0.127. The Morgan fingerprint density at radius 3 is 2.59 bits per heavy atom. The number of ether oxygens (including phenoxy) is 2. The van der Waals surface area contributed by atoms with Gasteiger partial charge in [0.25, 0.3) is 0 Å². The molecular formula is C21H23N3O4S. The van der Waals surface area contributed by atoms with Gasteiger partial charge in [-0.15, -0.1) is 0 Å². The number of thioether (sulfide) groups is 1. The Kier molecular flexibility index (Phi) is 7.62. The molecule has 29 heavy (non-hydrogen) atoms. The summed E-state index contributed by atoms with van der Waals surface area (Å²) in [5.41, 5.74) is 2.07. The van der Waals surface area contributed by atoms with Gasteiger partial charge < -0.3 is 14.4 Å². The van der Waals surface area contributed by atoms with Crippen LogP contribution in [0.4, 0.5) is 0 Å². The maximum absolute atomic E-state index is 12.6. The largest absolute Gasteiger partial charge is 0.493 e. The van der Waals surface area contributed by atoms with Crippen molar-refractivity contribution in [2.75, 3.05) is 27.0 Å². The monoisotopic (exact) mass is 413 g/mol. The number of ketones is 1. The molecule has 152 valence electrons. The molecule has 2 aromatic rings. The minimum Gasteiger partial charge on any atom is -0.493 e. The average Bonchev–Trinajstić information content (AvgIpc) is 2.71. The van der Waals surface area contributed by atoms with Crippen molar-refractivity contribution < 1.29 is 19.1 Å². The number of methoxy groups -OCH3 is 2. The van der Waals surface area contributed by atoms with Crippen LogP contribution in [0.5, 0.6) is 11.5 Å². The van der Waals surface area contributed by atoms with Crippen molar-refractivity contribution in [3.8, 4) is 17.6 Å². The van der Waals surface area contributed by atoms with Crippen molar-refractivity contribution >= 4 is 23.5 Å². The van der Waals surface area contributed by atoms with Crippen LogP contribution in [0, 0.1) is 18.3 Å². The van der Waals surface area contributed by atoms with Gasteiger partial charge in [0.15, 0.2) is 17.3 Å². The molecule has 0 unspecified atom stereocenters. The second kappa shape index (κ2) is 9.94. The van der Waals surface area contributed by atoms with Crippen molar-refractivity contribution in [3.63, 3.8) is 0 Å². The topological polar surface area (TPSA) is 92.5 Å². The number of benzene rings is 1. The van der Waals surface area contributed by atoms with E-state index in [2.05, 4.69) is 4.98 Å². The minimum absolute atomic E-state index is 0.114. The third-order valence-corrected chi connectivity index (χ3v) is 5.30. The van der Waals surface area contributed by atoms with Crippen LogP contribution >= 0.6 is 11.8 Å². The Balaban J connectivity index is 2.11. The Bertz CT molecular complexity index is 969. The maximum atomic E-state index is 12.6. The van der Waals surface area contributed by atoms with Crippen LogP contribution < -0.4 is 9.47 Å². The minimum atomic E-state index is -0.147. The number of rotatable bonds is 8. The van der Waals surface area contributed by atoms with Crippen molar-refractivity contribution in [1.29, 1.82) is 5.26 Å². The number of aryl methyl sites for hydroxylation is 1. The van der Waals surface area contributed by atoms with Crippen LogP contribution in [0.15, 0.2) is 29.3 Å². The van der Waals surface area contributed by atoms with E-state index >= 15 is 0 Å². The molecule has 8 heteroatoms. The smallest absolute Gasteiger partial charge is 0.233 e. The lowest BCUT2D eigenvalue weighted by atomic mass is 10.1. The van der Waals surface area contributed by atoms with E-state index < -0.39 is 0 Å². The van der Waals surface area contributed by atoms with Gasteiger partial charge in [0, 0.05) is 30.4 Å². The lowest BCUT2D eigenvalue weighted by Crippen LogP contribution is -2.28. The van der Waals surface area contributed by atoms with Gasteiger partial charge in [-0.1, -0.05) is 23.9 Å². The summed E-state index contributed by atoms with van der Waals surface area (Å²) in [4.78, 5) is 30.2. The van der Waals surface area contributed by atoms with Crippen LogP contribution in [0.25, 0.3) is 0 Å². The van der Waals surface area contributed by atoms with Gasteiger partial charge in [0.2, 0.25) is 5.91 Å². The number of Topliss-reactive ketones (excluding diaryl/α,β-unsaturated/α-hetero) is 1. The van der Waals surface area contributed by atoms with Crippen LogP contribution in [0.1, 0.15) is 34.1 Å². The van der Waals surface area contributed by atoms with E-state index in [9.17, 15) is 14.9 Å². The normalized spacial score (nSPS) is 10.2. The zero-order chi connectivity index (χ0) is 21.6. The zero-order valence-electron chi connectivity index (χ0n) is 17.1. The second-order valence-corrected chi connectivity index (χ2v) is 7.30. The van der Waals surface area contributed by atoms with Crippen LogP contribution in [-0.4, -0.2) is 48.6 Å². The standard InChI is InChI=1S/C21H23N3O4S/c1-13-17(14(2)25)9-16(10-22)21(23-13)29-12-19(26)24(3)11-15-7-6-8-18(27-4)20(15)28-5/h6-9H,11-12H2,1-5H3. The summed E-state index contributed by atoms with van der Waals surface area (Å²) in [7, 11) is 4.82. The van der Waals surface area contributed by atoms with Gasteiger partial charge in [-0.05, 0) is 26.0 Å². The average molecular weight is 413 g/mol. The number of nitrogens with zero attached hydrogens (tertiary/aromatic N) is 3. The van der Waals surface area contributed by atoms with E-state index in [0.29, 0.717) is 34.3 Å². The predicted molar refractivity (Wildman–Crippen MR) is 110 cm³/mol. The molecule has 1 aromatic heterocycles. The number of pyridine rings is 1. The predicted octanol–water partition coefficient (Wildman–Crippen LogP) is 3.23. The van der Waals surface area contributed by atoms with Gasteiger partial charge in [0.1, 0.15) is 11.1 Å². The fourth-order valence-electron chi connectivity index (χ4n) is 2.79. The zero-order valence-corrected chi connectivity index (χ0v) is 17.9. The third kappa shape index (κ3) is 5.27. The molecule has 0 aliphatic heterocycles. The molecule has 0 fully saturated rings. The molecule has 0 N–H and O–H groups in total. The molecule has 0 bridgehead atoms. The number of carbonyl (C=O) groups is 2. The van der Waals surface area contributed by atoms with Gasteiger partial charge in [0.05, 0.1) is 25.5 Å². The lowest BCUT2D eigenvalue weighted by Gasteiger charge is -2.20. The van der Waals surface area contributed by atoms with Gasteiger partial charge in [-0.2, -0.15) is 5.26 Å². The first-order chi connectivity index (χ1) is 13.8. The summed E-state index contributed by atoms with van der Waals surface area (Å²) in [5.74, 6) is 1.03. The second-order valence-electron chi connectivity index (χ2n) is 6.33. The molecular weight excluding hydrogens is 390 g/mol. The number of aromatic nitrogens is 1. The molecule has 0 radical (unpaired) electrons. The summed E-state index contributed by atoms with van der Waals surface area (Å²) >= 11 is 1.18. The summed E-state index contributed by atoms with van der Waals surface area (Å²) < 4.78 is 10.7. The number of nitriles is 1. The molecule has 7 nitrogen and oxygen atoms in total. The summed E-state index contributed by atoms with van der Waals surface area (Å²) in [6, 6.07) is 9.08. The molecule has 0 saturated heterocycles. The van der Waals surface area contributed by atoms with Crippen molar-refractivity contribution in [1.82, 2.24) is 9.88 Å². The van der Waals surface area contributed by atoms with Crippen LogP contribution in [0.3, 0.4) is 0 Å². The fraction of sp³-hybridized carbons (Fsp3) is 0.333. The molecule has 1 amide bonds. The quantitative estimate of drug-likeness (QED) is 0.484. The number of amides is 1. The highest BCUT2D eigenvalue weighted by Crippen LogP contribution is 2.31. The van der Waals surface area contributed by atoms with Crippen molar-refractivity contribution in [2.24, 2.45) is 0 Å². The maximum Gasteiger partial charge on any atom is 0.233 e. The highest BCUT2D eigenvalue weighted by Gasteiger charge is 2.17. The molecule has 1 heterocycles. The van der Waals surface area contributed by atoms with E-state index in [0.717, 1.165) is 5.56 Å². The summed E-state index contributed by atoms with van der Waals surface area (Å²) in [6.07, 6.45) is 0. The molecule has 0 saturated carbocycles. The SMILES string of the molecule is COc1cccc(CN(C)C(=O)CSc2nc(C)c(C(C)=O)cc2C#N)c1OC. The molecule has 1 aromatic carbocycles. The number of hydrogen-bond donors (Lipinski definition) is 0. The van der Waals surface area contributed by atoms with E-state index in [1.807, 2.05) is 18.2 Å². The molecule has 0 spiro atoms. The van der Waals surface area contributed by atoms with E-state index in [1.54, 1.807) is 39.2 Å². The summed E-state index contributed by atoms with van der Waals surface area (Å²) in [5, 5.41) is 9.80. The van der Waals surface area contributed by atoms with Crippen molar-refractivity contribution in [3.05, 3.63) is 46.6 Å². The Labute approximate surface area is 174 Å². The number of hydrogen-bond acceptors (Lipinski definition) is 7. The van der Waals surface area contributed by atoms with E-state index in [4.69, 9.17) is 9.47 Å². The molecule has 2 rings (SSSR count). The highest BCUT2D eigenvalue weighted by atomic mass is 32.2. The first-order valence-electron chi connectivity index (χ1n) is 8.81. The number of carbonyl (C=O) groups excluding carboxylic acids is 2. The van der Waals surface area contributed by atoms with Gasteiger partial charge in [-0.25, -0.2) is 4.98 Å². The fourth-order valence-corrected chi connectivity index (χ4v) is 3.73. The highest BCUT2D eigenvalue weighted by molar-refractivity contribution is 7.99. The Morgan fingerprint density at radius 1 is 1.28 bits per heavy atom. The molecule has 0 aliphatic rings. The number of para-hydroxylation sites is 1.